The summed E-state index contributed by atoms with van der Waals surface area (Å²) in [5.74, 6) is 1.18. The van der Waals surface area contributed by atoms with Crippen LogP contribution in [0.1, 0.15) is 5.69 Å². The van der Waals surface area contributed by atoms with Crippen LogP contribution in [0.25, 0.3) is 0 Å². The first-order valence-electron chi connectivity index (χ1n) is 5.99. The molecule has 106 valence electrons. The van der Waals surface area contributed by atoms with Crippen LogP contribution in [-0.2, 0) is 9.84 Å². The molecule has 0 radical (unpaired) electrons. The number of anilines is 3. The van der Waals surface area contributed by atoms with E-state index in [2.05, 4.69) is 20.6 Å². The number of nitrogens with one attached hydrogen (secondary N) is 2. The Morgan fingerprint density at radius 2 is 1.75 bits per heavy atom. The van der Waals surface area contributed by atoms with Crippen LogP contribution in [0.4, 0.5) is 17.5 Å². The molecule has 7 heteroatoms. The van der Waals surface area contributed by atoms with Gasteiger partial charge in [-0.3, -0.25) is 0 Å². The normalized spacial score (nSPS) is 11.2. The van der Waals surface area contributed by atoms with Crippen LogP contribution in [0.15, 0.2) is 35.2 Å². The van der Waals surface area contributed by atoms with E-state index in [1.54, 1.807) is 31.3 Å². The lowest BCUT2D eigenvalue weighted by atomic mass is 10.3. The lowest BCUT2D eigenvalue weighted by Crippen LogP contribution is -2.02. The SMILES string of the molecule is CNc1nc(C)cc(Nc2ccc(S(C)(=O)=O)cc2)n1. The van der Waals surface area contributed by atoms with E-state index in [1.165, 1.54) is 6.26 Å². The van der Waals surface area contributed by atoms with Gasteiger partial charge in [0.05, 0.1) is 4.90 Å². The molecule has 0 unspecified atom stereocenters. The van der Waals surface area contributed by atoms with E-state index in [1.807, 2.05) is 13.0 Å². The van der Waals surface area contributed by atoms with Gasteiger partial charge < -0.3 is 10.6 Å². The minimum absolute atomic E-state index is 0.290. The molecule has 20 heavy (non-hydrogen) atoms. The average molecular weight is 292 g/mol. The number of sulfone groups is 1. The summed E-state index contributed by atoms with van der Waals surface area (Å²) in [6, 6.07) is 8.33. The van der Waals surface area contributed by atoms with E-state index in [4.69, 9.17) is 0 Å². The number of aromatic nitrogens is 2. The lowest BCUT2D eigenvalue weighted by Gasteiger charge is -2.08. The first-order valence-corrected chi connectivity index (χ1v) is 7.88. The molecule has 1 aromatic heterocycles. The van der Waals surface area contributed by atoms with Crippen molar-refractivity contribution in [2.45, 2.75) is 11.8 Å². The molecule has 0 spiro atoms. The number of nitrogens with zero attached hydrogens (tertiary/aromatic N) is 2. The number of aryl methyl sites for hydroxylation is 1. The molecule has 1 aromatic carbocycles. The van der Waals surface area contributed by atoms with Gasteiger partial charge in [0, 0.05) is 30.8 Å². The minimum Gasteiger partial charge on any atom is -0.357 e. The topological polar surface area (TPSA) is 84.0 Å². The van der Waals surface area contributed by atoms with Gasteiger partial charge >= 0.3 is 0 Å². The third kappa shape index (κ3) is 3.45. The molecule has 0 saturated carbocycles. The van der Waals surface area contributed by atoms with Crippen LogP contribution in [0.5, 0.6) is 0 Å². The van der Waals surface area contributed by atoms with Gasteiger partial charge in [0.2, 0.25) is 5.95 Å². The Labute approximate surface area is 118 Å². The summed E-state index contributed by atoms with van der Waals surface area (Å²) in [5.41, 5.74) is 1.59. The molecule has 2 aromatic rings. The van der Waals surface area contributed by atoms with E-state index in [9.17, 15) is 8.42 Å². The molecule has 0 amide bonds. The van der Waals surface area contributed by atoms with Crippen molar-refractivity contribution in [3.8, 4) is 0 Å². The smallest absolute Gasteiger partial charge is 0.224 e. The Kier molecular flexibility index (Phi) is 3.89. The van der Waals surface area contributed by atoms with Crippen molar-refractivity contribution >= 4 is 27.3 Å². The van der Waals surface area contributed by atoms with Crippen molar-refractivity contribution in [2.75, 3.05) is 23.9 Å². The van der Waals surface area contributed by atoms with E-state index in [-0.39, 0.29) is 4.90 Å². The van der Waals surface area contributed by atoms with Crippen molar-refractivity contribution in [3.63, 3.8) is 0 Å². The van der Waals surface area contributed by atoms with Gasteiger partial charge in [-0.25, -0.2) is 13.4 Å². The fourth-order valence-corrected chi connectivity index (χ4v) is 2.31. The van der Waals surface area contributed by atoms with Crippen LogP contribution in [0.2, 0.25) is 0 Å². The molecule has 2 N–H and O–H groups in total. The zero-order valence-corrected chi connectivity index (χ0v) is 12.3. The summed E-state index contributed by atoms with van der Waals surface area (Å²) < 4.78 is 22.8. The van der Waals surface area contributed by atoms with E-state index < -0.39 is 9.84 Å². The minimum atomic E-state index is -3.17. The fraction of sp³-hybridized carbons (Fsp3) is 0.231. The van der Waals surface area contributed by atoms with E-state index in [0.717, 1.165) is 11.4 Å². The maximum atomic E-state index is 11.4. The number of hydrogen-bond acceptors (Lipinski definition) is 6. The highest BCUT2D eigenvalue weighted by atomic mass is 32.2. The molecule has 1 heterocycles. The maximum absolute atomic E-state index is 11.4. The standard InChI is InChI=1S/C13H16N4O2S/c1-9-8-12(17-13(14-2)15-9)16-10-4-6-11(7-5-10)20(3,18)19/h4-8H,1-3H3,(H2,14,15,16,17). The molecule has 0 atom stereocenters. The van der Waals surface area contributed by atoms with Crippen molar-refractivity contribution in [2.24, 2.45) is 0 Å². The highest BCUT2D eigenvalue weighted by Crippen LogP contribution is 2.18. The fourth-order valence-electron chi connectivity index (χ4n) is 1.68. The highest BCUT2D eigenvalue weighted by molar-refractivity contribution is 7.90. The third-order valence-electron chi connectivity index (χ3n) is 2.63. The van der Waals surface area contributed by atoms with E-state index >= 15 is 0 Å². The second-order valence-electron chi connectivity index (χ2n) is 4.39. The van der Waals surface area contributed by atoms with Gasteiger partial charge in [0.15, 0.2) is 9.84 Å². The molecule has 0 bridgehead atoms. The Morgan fingerprint density at radius 3 is 2.30 bits per heavy atom. The van der Waals surface area contributed by atoms with Crippen LogP contribution < -0.4 is 10.6 Å². The van der Waals surface area contributed by atoms with Crippen LogP contribution in [0.3, 0.4) is 0 Å². The van der Waals surface area contributed by atoms with Crippen LogP contribution in [-0.4, -0.2) is 31.7 Å². The molecule has 0 aliphatic heterocycles. The molecule has 6 nitrogen and oxygen atoms in total. The van der Waals surface area contributed by atoms with Gasteiger partial charge in [0.1, 0.15) is 5.82 Å². The van der Waals surface area contributed by atoms with Crippen LogP contribution >= 0.6 is 0 Å². The summed E-state index contributed by atoms with van der Waals surface area (Å²) in [7, 11) is -1.42. The largest absolute Gasteiger partial charge is 0.357 e. The number of rotatable bonds is 4. The summed E-state index contributed by atoms with van der Waals surface area (Å²) in [6.07, 6.45) is 1.18. The van der Waals surface area contributed by atoms with E-state index in [0.29, 0.717) is 11.8 Å². The quantitative estimate of drug-likeness (QED) is 0.896. The van der Waals surface area contributed by atoms with Gasteiger partial charge in [-0.15, -0.1) is 0 Å². The maximum Gasteiger partial charge on any atom is 0.224 e. The lowest BCUT2D eigenvalue weighted by molar-refractivity contribution is 0.602. The Balaban J connectivity index is 2.24. The number of hydrogen-bond donors (Lipinski definition) is 2. The highest BCUT2D eigenvalue weighted by Gasteiger charge is 2.07. The molecule has 0 aliphatic rings. The first kappa shape index (κ1) is 14.3. The third-order valence-corrected chi connectivity index (χ3v) is 3.76. The zero-order valence-electron chi connectivity index (χ0n) is 11.5. The summed E-state index contributed by atoms with van der Waals surface area (Å²) in [4.78, 5) is 8.76. The average Bonchev–Trinajstić information content (AvgIpc) is 2.37. The summed E-state index contributed by atoms with van der Waals surface area (Å²) >= 11 is 0. The van der Waals surface area contributed by atoms with Gasteiger partial charge in [-0.05, 0) is 31.2 Å². The number of benzene rings is 1. The molecule has 2 rings (SSSR count). The van der Waals surface area contributed by atoms with Crippen molar-refractivity contribution in [1.29, 1.82) is 0 Å². The Hall–Kier alpha value is -2.15. The predicted molar refractivity (Wildman–Crippen MR) is 79.2 cm³/mol. The van der Waals surface area contributed by atoms with Crippen molar-refractivity contribution in [3.05, 3.63) is 36.0 Å². The van der Waals surface area contributed by atoms with Gasteiger partial charge in [-0.2, -0.15) is 4.98 Å². The monoisotopic (exact) mass is 292 g/mol. The summed E-state index contributed by atoms with van der Waals surface area (Å²) in [6.45, 7) is 1.88. The zero-order chi connectivity index (χ0) is 14.8. The Morgan fingerprint density at radius 1 is 1.10 bits per heavy atom. The molecular formula is C13H16N4O2S. The Bertz CT molecular complexity index is 712. The first-order chi connectivity index (χ1) is 9.38. The molecular weight excluding hydrogens is 276 g/mol. The van der Waals surface area contributed by atoms with Gasteiger partial charge in [0.25, 0.3) is 0 Å². The second kappa shape index (κ2) is 5.46. The summed E-state index contributed by atoms with van der Waals surface area (Å²) in [5, 5.41) is 5.99. The second-order valence-corrected chi connectivity index (χ2v) is 6.41. The van der Waals surface area contributed by atoms with Gasteiger partial charge in [-0.1, -0.05) is 0 Å². The molecule has 0 saturated heterocycles. The van der Waals surface area contributed by atoms with Crippen LogP contribution in [0, 0.1) is 6.92 Å². The molecule has 0 aliphatic carbocycles. The molecule has 0 fully saturated rings. The van der Waals surface area contributed by atoms with Crippen molar-refractivity contribution in [1.82, 2.24) is 9.97 Å². The van der Waals surface area contributed by atoms with Crippen molar-refractivity contribution < 1.29 is 8.42 Å². The predicted octanol–water partition coefficient (Wildman–Crippen LogP) is 1.97.